The average molecular weight is 352 g/mol. The van der Waals surface area contributed by atoms with Crippen LogP contribution in [0.2, 0.25) is 0 Å². The molecule has 0 unspecified atom stereocenters. The number of ether oxygens (including phenoxy) is 1. The Morgan fingerprint density at radius 3 is 2.88 bits per heavy atom. The molecule has 0 atom stereocenters. The van der Waals surface area contributed by atoms with E-state index in [2.05, 4.69) is 30.8 Å². The maximum atomic E-state index is 12.1. The summed E-state index contributed by atoms with van der Waals surface area (Å²) in [4.78, 5) is 19.5. The number of hydrogen-bond donors (Lipinski definition) is 3. The normalized spacial score (nSPS) is 15.1. The Labute approximate surface area is 150 Å². The third-order valence-electron chi connectivity index (χ3n) is 4.45. The summed E-state index contributed by atoms with van der Waals surface area (Å²) in [6.45, 7) is 1.89. The summed E-state index contributed by atoms with van der Waals surface area (Å²) in [7, 11) is 0. The van der Waals surface area contributed by atoms with Crippen LogP contribution in [0, 0.1) is 0 Å². The number of pyridine rings is 1. The number of urea groups is 1. The molecule has 1 aliphatic heterocycles. The minimum Gasteiger partial charge on any atom is -0.381 e. The molecule has 1 fully saturated rings. The van der Waals surface area contributed by atoms with Crippen molar-refractivity contribution in [3.63, 3.8) is 0 Å². The molecule has 0 saturated carbocycles. The average Bonchev–Trinajstić information content (AvgIpc) is 3.11. The van der Waals surface area contributed by atoms with Crippen molar-refractivity contribution in [2.75, 3.05) is 18.5 Å². The summed E-state index contributed by atoms with van der Waals surface area (Å²) >= 11 is 0. The van der Waals surface area contributed by atoms with Crippen molar-refractivity contribution in [3.8, 4) is 0 Å². The van der Waals surface area contributed by atoms with Gasteiger partial charge in [-0.3, -0.25) is 10.3 Å². The van der Waals surface area contributed by atoms with Crippen molar-refractivity contribution in [3.05, 3.63) is 47.9 Å². The van der Waals surface area contributed by atoms with Gasteiger partial charge in [-0.2, -0.15) is 5.10 Å². The molecule has 8 nitrogen and oxygen atoms in total. The van der Waals surface area contributed by atoms with Gasteiger partial charge >= 0.3 is 6.03 Å². The second-order valence-electron chi connectivity index (χ2n) is 6.27. The molecule has 1 aliphatic rings. The first-order chi connectivity index (χ1) is 12.8. The van der Waals surface area contributed by atoms with E-state index >= 15 is 0 Å². The van der Waals surface area contributed by atoms with Gasteiger partial charge in [0.2, 0.25) is 0 Å². The van der Waals surface area contributed by atoms with Crippen LogP contribution in [-0.4, -0.2) is 39.4 Å². The highest BCUT2D eigenvalue weighted by atomic mass is 16.5. The zero-order valence-electron chi connectivity index (χ0n) is 14.2. The second kappa shape index (κ2) is 7.49. The number of aromatic nitrogens is 4. The SMILES string of the molecule is O=C(NCc1cc2ncccc2[nH]1)Nc1ccc(C2CCOCC2)nn1. The summed E-state index contributed by atoms with van der Waals surface area (Å²) < 4.78 is 5.36. The lowest BCUT2D eigenvalue weighted by Gasteiger charge is -2.20. The predicted octanol–water partition coefficient (Wildman–Crippen LogP) is 2.57. The number of carbonyl (C=O) groups is 1. The molecule has 0 radical (unpaired) electrons. The number of nitrogens with zero attached hydrogens (tertiary/aromatic N) is 3. The topological polar surface area (TPSA) is 105 Å². The molecule has 3 aromatic rings. The van der Waals surface area contributed by atoms with E-state index in [1.807, 2.05) is 24.3 Å². The van der Waals surface area contributed by atoms with E-state index in [1.165, 1.54) is 0 Å². The van der Waals surface area contributed by atoms with Gasteiger partial charge in [0, 0.05) is 31.0 Å². The summed E-state index contributed by atoms with van der Waals surface area (Å²) in [6, 6.07) is 9.10. The van der Waals surface area contributed by atoms with Crippen LogP contribution in [0.4, 0.5) is 10.6 Å². The fraction of sp³-hybridized carbons (Fsp3) is 0.333. The van der Waals surface area contributed by atoms with Crippen LogP contribution >= 0.6 is 0 Å². The number of fused-ring (bicyclic) bond motifs is 1. The zero-order chi connectivity index (χ0) is 17.8. The Balaban J connectivity index is 1.31. The zero-order valence-corrected chi connectivity index (χ0v) is 14.2. The van der Waals surface area contributed by atoms with E-state index in [0.717, 1.165) is 48.5 Å². The summed E-state index contributed by atoms with van der Waals surface area (Å²) in [5.74, 6) is 0.811. The van der Waals surface area contributed by atoms with Crippen LogP contribution in [0.25, 0.3) is 11.0 Å². The number of rotatable bonds is 4. The molecule has 0 spiro atoms. The number of carbonyl (C=O) groups excluding carboxylic acids is 1. The van der Waals surface area contributed by atoms with Crippen molar-refractivity contribution >= 4 is 22.9 Å². The van der Waals surface area contributed by atoms with Gasteiger partial charge in [-0.1, -0.05) is 0 Å². The smallest absolute Gasteiger partial charge is 0.320 e. The number of nitrogens with one attached hydrogen (secondary N) is 3. The number of amides is 2. The lowest BCUT2D eigenvalue weighted by molar-refractivity contribution is 0.0843. The molecular formula is C18H20N6O2. The lowest BCUT2D eigenvalue weighted by atomic mass is 9.96. The van der Waals surface area contributed by atoms with Crippen molar-refractivity contribution in [1.29, 1.82) is 0 Å². The van der Waals surface area contributed by atoms with Gasteiger partial charge in [0.25, 0.3) is 0 Å². The van der Waals surface area contributed by atoms with Gasteiger partial charge in [0.1, 0.15) is 0 Å². The van der Waals surface area contributed by atoms with E-state index < -0.39 is 0 Å². The molecule has 0 aromatic carbocycles. The summed E-state index contributed by atoms with van der Waals surface area (Å²) in [5, 5.41) is 13.8. The Kier molecular flexibility index (Phi) is 4.74. The highest BCUT2D eigenvalue weighted by Gasteiger charge is 2.17. The molecule has 3 aromatic heterocycles. The largest absolute Gasteiger partial charge is 0.381 e. The predicted molar refractivity (Wildman–Crippen MR) is 96.8 cm³/mol. The van der Waals surface area contributed by atoms with E-state index in [9.17, 15) is 4.79 Å². The minimum atomic E-state index is -0.329. The van der Waals surface area contributed by atoms with Crippen molar-refractivity contribution in [1.82, 2.24) is 25.5 Å². The van der Waals surface area contributed by atoms with Crippen LogP contribution in [0.5, 0.6) is 0 Å². The maximum absolute atomic E-state index is 12.1. The highest BCUT2D eigenvalue weighted by molar-refractivity contribution is 5.88. The van der Waals surface area contributed by atoms with Gasteiger partial charge in [0.15, 0.2) is 5.82 Å². The van der Waals surface area contributed by atoms with E-state index in [1.54, 1.807) is 12.3 Å². The van der Waals surface area contributed by atoms with Crippen LogP contribution in [-0.2, 0) is 11.3 Å². The number of hydrogen-bond acceptors (Lipinski definition) is 5. The van der Waals surface area contributed by atoms with E-state index in [4.69, 9.17) is 4.74 Å². The van der Waals surface area contributed by atoms with Crippen molar-refractivity contribution < 1.29 is 9.53 Å². The Morgan fingerprint density at radius 2 is 2.12 bits per heavy atom. The molecule has 4 rings (SSSR count). The molecule has 4 heterocycles. The Bertz CT molecular complexity index is 853. The maximum Gasteiger partial charge on any atom is 0.320 e. The molecule has 8 heteroatoms. The van der Waals surface area contributed by atoms with Crippen LogP contribution < -0.4 is 10.6 Å². The quantitative estimate of drug-likeness (QED) is 0.669. The van der Waals surface area contributed by atoms with Gasteiger partial charge in [-0.25, -0.2) is 4.79 Å². The first-order valence-electron chi connectivity index (χ1n) is 8.67. The Hall–Kier alpha value is -3.00. The fourth-order valence-electron chi connectivity index (χ4n) is 3.06. The molecule has 134 valence electrons. The van der Waals surface area contributed by atoms with Gasteiger partial charge in [-0.15, -0.1) is 5.10 Å². The molecule has 0 aliphatic carbocycles. The van der Waals surface area contributed by atoms with Crippen molar-refractivity contribution in [2.45, 2.75) is 25.3 Å². The van der Waals surface area contributed by atoms with Crippen LogP contribution in [0.3, 0.4) is 0 Å². The molecule has 1 saturated heterocycles. The Morgan fingerprint density at radius 1 is 1.23 bits per heavy atom. The standard InChI is InChI=1S/C18H20N6O2/c25-18(20-11-13-10-16-15(21-13)2-1-7-19-16)22-17-4-3-14(23-24-17)12-5-8-26-9-6-12/h1-4,7,10,12,21H,5-6,8-9,11H2,(H2,20,22,24,25). The fourth-order valence-corrected chi connectivity index (χ4v) is 3.06. The van der Waals surface area contributed by atoms with Crippen LogP contribution in [0.15, 0.2) is 36.5 Å². The molecular weight excluding hydrogens is 332 g/mol. The van der Waals surface area contributed by atoms with Gasteiger partial charge in [-0.05, 0) is 43.2 Å². The molecule has 0 bridgehead atoms. The van der Waals surface area contributed by atoms with Crippen molar-refractivity contribution in [2.24, 2.45) is 0 Å². The second-order valence-corrected chi connectivity index (χ2v) is 6.27. The number of aromatic amines is 1. The molecule has 26 heavy (non-hydrogen) atoms. The molecule has 2 amide bonds. The third-order valence-corrected chi connectivity index (χ3v) is 4.45. The monoisotopic (exact) mass is 352 g/mol. The third kappa shape index (κ3) is 3.80. The number of anilines is 1. The first kappa shape index (κ1) is 16.5. The lowest BCUT2D eigenvalue weighted by Crippen LogP contribution is -2.28. The van der Waals surface area contributed by atoms with Crippen LogP contribution in [0.1, 0.15) is 30.1 Å². The van der Waals surface area contributed by atoms with E-state index in [0.29, 0.717) is 18.3 Å². The summed E-state index contributed by atoms with van der Waals surface area (Å²) in [6.07, 6.45) is 3.66. The minimum absolute atomic E-state index is 0.329. The number of H-pyrrole nitrogens is 1. The van der Waals surface area contributed by atoms with E-state index in [-0.39, 0.29) is 6.03 Å². The first-order valence-corrected chi connectivity index (χ1v) is 8.67. The van der Waals surface area contributed by atoms with Gasteiger partial charge < -0.3 is 15.0 Å². The van der Waals surface area contributed by atoms with Gasteiger partial charge in [0.05, 0.1) is 23.3 Å². The molecule has 3 N–H and O–H groups in total. The highest BCUT2D eigenvalue weighted by Crippen LogP contribution is 2.25. The summed E-state index contributed by atoms with van der Waals surface area (Å²) in [5.41, 5.74) is 3.65.